The van der Waals surface area contributed by atoms with Gasteiger partial charge in [-0.05, 0) is 23.3 Å². The zero-order chi connectivity index (χ0) is 22.0. The molecule has 31 heavy (non-hydrogen) atoms. The van der Waals surface area contributed by atoms with Crippen molar-refractivity contribution in [2.24, 2.45) is 0 Å². The Kier molecular flexibility index (Phi) is 5.58. The minimum absolute atomic E-state index is 0.0481. The maximum Gasteiger partial charge on any atom is 0.410 e. The molecule has 3 aromatic rings. The molecular formula is C22H21F3N4O2. The number of amides is 1. The Hall–Kier alpha value is -3.49. The molecule has 1 aromatic heterocycles. The summed E-state index contributed by atoms with van der Waals surface area (Å²) in [4.78, 5) is 12.7. The summed E-state index contributed by atoms with van der Waals surface area (Å²) in [5.41, 5.74) is 1.58. The number of hydrogen-bond acceptors (Lipinski definition) is 4. The number of nitrogens with one attached hydrogen (secondary N) is 2. The second-order valence-corrected chi connectivity index (χ2v) is 7.29. The Labute approximate surface area is 177 Å². The molecule has 0 aliphatic carbocycles. The number of anilines is 1. The highest BCUT2D eigenvalue weighted by Gasteiger charge is 2.47. The van der Waals surface area contributed by atoms with Crippen LogP contribution in [0.15, 0.2) is 60.8 Å². The molecule has 2 N–H and O–H groups in total. The van der Waals surface area contributed by atoms with Gasteiger partial charge in [0, 0.05) is 13.0 Å². The zero-order valence-electron chi connectivity index (χ0n) is 16.7. The van der Waals surface area contributed by atoms with Crippen LogP contribution in [-0.2, 0) is 6.54 Å². The van der Waals surface area contributed by atoms with Crippen molar-refractivity contribution in [3.05, 3.63) is 77.5 Å². The zero-order valence-corrected chi connectivity index (χ0v) is 16.7. The number of ether oxygens (including phenoxy) is 1. The van der Waals surface area contributed by atoms with Gasteiger partial charge in [-0.1, -0.05) is 42.5 Å². The molecule has 0 radical (unpaired) electrons. The highest BCUT2D eigenvalue weighted by molar-refractivity contribution is 5.98. The molecule has 0 fully saturated rings. The van der Waals surface area contributed by atoms with Crippen LogP contribution in [-0.4, -0.2) is 29.0 Å². The van der Waals surface area contributed by atoms with Crippen molar-refractivity contribution in [2.45, 2.75) is 31.2 Å². The van der Waals surface area contributed by atoms with Crippen molar-refractivity contribution >= 4 is 11.7 Å². The lowest BCUT2D eigenvalue weighted by molar-refractivity contribution is -0.173. The number of fused-ring (bicyclic) bond motifs is 1. The van der Waals surface area contributed by atoms with Crippen molar-refractivity contribution < 1.29 is 22.7 Å². The third-order valence-corrected chi connectivity index (χ3v) is 5.28. The molecule has 2 atom stereocenters. The van der Waals surface area contributed by atoms with E-state index in [-0.39, 0.29) is 24.3 Å². The fourth-order valence-electron chi connectivity index (χ4n) is 3.68. The van der Waals surface area contributed by atoms with E-state index in [0.717, 1.165) is 10.2 Å². The van der Waals surface area contributed by atoms with Crippen LogP contribution < -0.4 is 15.4 Å². The van der Waals surface area contributed by atoms with Crippen molar-refractivity contribution in [1.29, 1.82) is 0 Å². The Morgan fingerprint density at radius 2 is 2.00 bits per heavy atom. The number of methoxy groups -OCH3 is 1. The van der Waals surface area contributed by atoms with Gasteiger partial charge >= 0.3 is 6.18 Å². The summed E-state index contributed by atoms with van der Waals surface area (Å²) in [6, 6.07) is 13.6. The van der Waals surface area contributed by atoms with Crippen LogP contribution in [0.5, 0.6) is 5.75 Å². The number of carbonyl (C=O) groups excluding carboxylic acids is 1. The lowest BCUT2D eigenvalue weighted by atomic mass is 9.96. The van der Waals surface area contributed by atoms with Crippen molar-refractivity contribution in [1.82, 2.24) is 15.1 Å². The van der Waals surface area contributed by atoms with Crippen LogP contribution in [0.25, 0.3) is 0 Å². The molecule has 2 aromatic carbocycles. The maximum absolute atomic E-state index is 13.8. The summed E-state index contributed by atoms with van der Waals surface area (Å²) in [5.74, 6) is 0.0968. The summed E-state index contributed by atoms with van der Waals surface area (Å²) in [6.45, 7) is 0.256. The Morgan fingerprint density at radius 3 is 2.71 bits per heavy atom. The second kappa shape index (κ2) is 8.33. The minimum Gasteiger partial charge on any atom is -0.497 e. The molecule has 4 rings (SSSR count). The summed E-state index contributed by atoms with van der Waals surface area (Å²) in [7, 11) is 1.50. The maximum atomic E-state index is 13.8. The van der Waals surface area contributed by atoms with Crippen LogP contribution in [0.3, 0.4) is 0 Å². The summed E-state index contributed by atoms with van der Waals surface area (Å²) >= 11 is 0. The van der Waals surface area contributed by atoms with Crippen molar-refractivity contribution in [2.75, 3.05) is 12.4 Å². The van der Waals surface area contributed by atoms with Gasteiger partial charge in [0.15, 0.2) is 6.04 Å². The third kappa shape index (κ3) is 4.35. The summed E-state index contributed by atoms with van der Waals surface area (Å²) in [5, 5.41) is 9.71. The average Bonchev–Trinajstić information content (AvgIpc) is 3.21. The first kappa shape index (κ1) is 20.8. The molecular weight excluding hydrogens is 409 g/mol. The molecule has 162 valence electrons. The van der Waals surface area contributed by atoms with Gasteiger partial charge in [0.1, 0.15) is 17.1 Å². The first-order chi connectivity index (χ1) is 14.9. The molecule has 0 saturated heterocycles. The quantitative estimate of drug-likeness (QED) is 0.626. The van der Waals surface area contributed by atoms with Gasteiger partial charge in [0.25, 0.3) is 5.91 Å². The number of carbonyl (C=O) groups is 1. The van der Waals surface area contributed by atoms with E-state index in [1.807, 2.05) is 30.3 Å². The van der Waals surface area contributed by atoms with Crippen LogP contribution >= 0.6 is 0 Å². The smallest absolute Gasteiger partial charge is 0.410 e. The van der Waals surface area contributed by atoms with Gasteiger partial charge in [-0.2, -0.15) is 18.3 Å². The molecule has 1 amide bonds. The Bertz CT molecular complexity index is 1070. The summed E-state index contributed by atoms with van der Waals surface area (Å²) < 4.78 is 47.5. The number of aromatic nitrogens is 2. The van der Waals surface area contributed by atoms with Gasteiger partial charge in [-0.3, -0.25) is 4.79 Å². The van der Waals surface area contributed by atoms with E-state index >= 15 is 0 Å². The highest BCUT2D eigenvalue weighted by Crippen LogP contribution is 2.44. The Balaban J connectivity index is 1.63. The lowest BCUT2D eigenvalue weighted by Gasteiger charge is -2.34. The lowest BCUT2D eigenvalue weighted by Crippen LogP contribution is -2.36. The van der Waals surface area contributed by atoms with E-state index in [2.05, 4.69) is 15.7 Å². The van der Waals surface area contributed by atoms with Crippen LogP contribution in [0, 0.1) is 0 Å². The molecule has 6 nitrogen and oxygen atoms in total. The standard InChI is InChI=1S/C22H21F3N4O2/c1-31-16-9-5-8-15(10-16)18-11-19(22(23,24)25)29-20(28-18)17(13-27-29)21(30)26-12-14-6-3-2-4-7-14/h2-10,13,18-19,28H,11-12H2,1H3,(H,26,30). The minimum atomic E-state index is -4.52. The molecule has 1 aliphatic rings. The molecule has 0 spiro atoms. The number of benzene rings is 2. The molecule has 9 heteroatoms. The van der Waals surface area contributed by atoms with Gasteiger partial charge < -0.3 is 15.4 Å². The first-order valence-electron chi connectivity index (χ1n) is 9.73. The predicted molar refractivity (Wildman–Crippen MR) is 109 cm³/mol. The normalized spacial score (nSPS) is 18.1. The number of halogens is 3. The topological polar surface area (TPSA) is 68.2 Å². The van der Waals surface area contributed by atoms with E-state index in [4.69, 9.17) is 4.74 Å². The average molecular weight is 430 g/mol. The SMILES string of the molecule is COc1cccc(C2CC(C(F)(F)F)n3ncc(C(=O)NCc4ccccc4)c3N2)c1. The third-order valence-electron chi connectivity index (χ3n) is 5.28. The fraction of sp³-hybridized carbons (Fsp3) is 0.273. The second-order valence-electron chi connectivity index (χ2n) is 7.29. The molecule has 0 saturated carbocycles. The number of nitrogens with zero attached hydrogens (tertiary/aromatic N) is 2. The van der Waals surface area contributed by atoms with Gasteiger partial charge in [-0.15, -0.1) is 0 Å². The fourth-order valence-corrected chi connectivity index (χ4v) is 3.68. The highest BCUT2D eigenvalue weighted by atomic mass is 19.4. The monoisotopic (exact) mass is 430 g/mol. The predicted octanol–water partition coefficient (Wildman–Crippen LogP) is 4.48. The van der Waals surface area contributed by atoms with Gasteiger partial charge in [-0.25, -0.2) is 4.68 Å². The van der Waals surface area contributed by atoms with Crippen LogP contribution in [0.4, 0.5) is 19.0 Å². The molecule has 1 aliphatic heterocycles. The van der Waals surface area contributed by atoms with Crippen LogP contribution in [0.1, 0.15) is 40.0 Å². The van der Waals surface area contributed by atoms with Gasteiger partial charge in [0.2, 0.25) is 0 Å². The number of rotatable bonds is 5. The largest absolute Gasteiger partial charge is 0.497 e. The first-order valence-corrected chi connectivity index (χ1v) is 9.73. The van der Waals surface area contributed by atoms with E-state index < -0.39 is 24.2 Å². The Morgan fingerprint density at radius 1 is 1.23 bits per heavy atom. The van der Waals surface area contributed by atoms with E-state index in [1.54, 1.807) is 24.3 Å². The van der Waals surface area contributed by atoms with E-state index in [1.165, 1.54) is 13.3 Å². The van der Waals surface area contributed by atoms with Crippen molar-refractivity contribution in [3.8, 4) is 5.75 Å². The molecule has 2 heterocycles. The van der Waals surface area contributed by atoms with Crippen molar-refractivity contribution in [3.63, 3.8) is 0 Å². The van der Waals surface area contributed by atoms with Crippen LogP contribution in [0.2, 0.25) is 0 Å². The summed E-state index contributed by atoms with van der Waals surface area (Å²) in [6.07, 6.45) is -3.59. The van der Waals surface area contributed by atoms with Gasteiger partial charge in [0.05, 0.1) is 19.3 Å². The number of alkyl halides is 3. The van der Waals surface area contributed by atoms with E-state index in [0.29, 0.717) is 11.3 Å². The molecule has 0 bridgehead atoms. The molecule has 2 unspecified atom stereocenters. The number of hydrogen-bond donors (Lipinski definition) is 2. The van der Waals surface area contributed by atoms with E-state index in [9.17, 15) is 18.0 Å².